The van der Waals surface area contributed by atoms with Gasteiger partial charge in [-0.05, 0) is 131 Å². The van der Waals surface area contributed by atoms with Crippen molar-refractivity contribution in [2.45, 2.75) is 50.0 Å². The summed E-state index contributed by atoms with van der Waals surface area (Å²) in [6.07, 6.45) is 1.76. The van der Waals surface area contributed by atoms with Gasteiger partial charge in [0, 0.05) is 16.5 Å². The van der Waals surface area contributed by atoms with Crippen molar-refractivity contribution in [3.63, 3.8) is 0 Å². The number of hydrogen-bond acceptors (Lipinski definition) is 7. The molecular weight excluding hydrogens is 734 g/mol. The van der Waals surface area contributed by atoms with Crippen LogP contribution in [0.25, 0.3) is 0 Å². The predicted octanol–water partition coefficient (Wildman–Crippen LogP) is 8.38. The molecule has 4 aromatic rings. The molecule has 0 bridgehead atoms. The number of aromatic carboxylic acids is 1. The maximum absolute atomic E-state index is 13.2. The smallest absolute Gasteiger partial charge is 0.337 e. The Hall–Kier alpha value is -4.58. The second kappa shape index (κ2) is 21.1. The van der Waals surface area contributed by atoms with Crippen LogP contribution in [0.2, 0.25) is 0 Å². The average Bonchev–Trinajstić information content (AvgIpc) is 3.14. The molecule has 2 atom stereocenters. The number of methoxy groups -OCH3 is 1. The van der Waals surface area contributed by atoms with E-state index in [2.05, 4.69) is 20.7 Å². The minimum absolute atomic E-state index is 0.0440. The third-order valence-electron chi connectivity index (χ3n) is 8.64. The number of carbonyl (C=O) groups excluding carboxylic acids is 3. The largest absolute Gasteiger partial charge is 0.478 e. The van der Waals surface area contributed by atoms with E-state index < -0.39 is 11.5 Å². The second-order valence-electron chi connectivity index (χ2n) is 12.4. The van der Waals surface area contributed by atoms with Crippen LogP contribution >= 0.6 is 15.9 Å². The van der Waals surface area contributed by atoms with Gasteiger partial charge in [0.25, 0.3) is 0 Å². The number of alkyl halides is 1. The number of halogens is 3. The Labute approximate surface area is 313 Å². The summed E-state index contributed by atoms with van der Waals surface area (Å²) in [5.74, 6) is -2.01. The van der Waals surface area contributed by atoms with Crippen LogP contribution in [-0.2, 0) is 16.5 Å². The zero-order chi connectivity index (χ0) is 39.0. The van der Waals surface area contributed by atoms with Crippen molar-refractivity contribution in [3.05, 3.63) is 142 Å². The molecule has 278 valence electrons. The molecule has 0 amide bonds. The van der Waals surface area contributed by atoms with Crippen molar-refractivity contribution in [2.75, 3.05) is 35.3 Å². The number of hydrogen-bond donors (Lipinski definition) is 1. The summed E-state index contributed by atoms with van der Waals surface area (Å²) in [6, 6.07) is 25.0. The molecule has 0 heterocycles. The van der Waals surface area contributed by atoms with Gasteiger partial charge in [-0.1, -0.05) is 54.0 Å². The van der Waals surface area contributed by atoms with Crippen LogP contribution in [0.3, 0.4) is 0 Å². The van der Waals surface area contributed by atoms with Gasteiger partial charge in [-0.2, -0.15) is 0 Å². The molecule has 0 aliphatic carbocycles. The van der Waals surface area contributed by atoms with E-state index in [1.807, 2.05) is 64.0 Å². The molecular formula is C41H47BrF2N2O6. The Morgan fingerprint density at radius 1 is 0.712 bits per heavy atom. The van der Waals surface area contributed by atoms with E-state index in [0.717, 1.165) is 22.9 Å². The molecule has 52 heavy (non-hydrogen) atoms. The number of benzene rings is 4. The van der Waals surface area contributed by atoms with Crippen LogP contribution in [0.4, 0.5) is 8.78 Å². The molecule has 0 saturated heterocycles. The summed E-state index contributed by atoms with van der Waals surface area (Å²) < 4.78 is 30.4. The highest BCUT2D eigenvalue weighted by Crippen LogP contribution is 2.28. The van der Waals surface area contributed by atoms with Gasteiger partial charge in [-0.25, -0.2) is 18.4 Å². The molecule has 0 aromatic heterocycles. The van der Waals surface area contributed by atoms with Gasteiger partial charge in [-0.15, -0.1) is 0 Å². The molecule has 0 aliphatic rings. The van der Waals surface area contributed by atoms with E-state index in [1.165, 1.54) is 67.8 Å². The molecule has 4 aromatic carbocycles. The summed E-state index contributed by atoms with van der Waals surface area (Å²) in [5.41, 5.74) is 3.04. The normalized spacial score (nSPS) is 12.4. The van der Waals surface area contributed by atoms with Gasteiger partial charge in [0.05, 0.1) is 29.8 Å². The monoisotopic (exact) mass is 780 g/mol. The van der Waals surface area contributed by atoms with Crippen molar-refractivity contribution >= 4 is 39.4 Å². The van der Waals surface area contributed by atoms with E-state index in [9.17, 15) is 28.0 Å². The fraction of sp³-hybridized carbons (Fsp3) is 0.317. The molecule has 0 spiro atoms. The van der Waals surface area contributed by atoms with Gasteiger partial charge >= 0.3 is 11.9 Å². The zero-order valence-corrected chi connectivity index (χ0v) is 32.2. The lowest BCUT2D eigenvalue weighted by Crippen LogP contribution is -2.52. The topological polar surface area (TPSA) is 104 Å². The molecule has 0 aliphatic heterocycles. The predicted molar refractivity (Wildman–Crippen MR) is 203 cm³/mol. The van der Waals surface area contributed by atoms with E-state index in [4.69, 9.17) is 5.11 Å². The number of carbonyl (C=O) groups is 4. The molecule has 0 radical (unpaired) electrons. The van der Waals surface area contributed by atoms with Crippen LogP contribution < -0.4 is 0 Å². The lowest BCUT2D eigenvalue weighted by molar-refractivity contribution is 0.0599. The number of likely N-dealkylation sites (N-methyl/N-ethyl adjacent to an activating group) is 2. The Morgan fingerprint density at radius 2 is 1.15 bits per heavy atom. The highest BCUT2D eigenvalue weighted by molar-refractivity contribution is 9.08. The van der Waals surface area contributed by atoms with Crippen molar-refractivity contribution < 1.29 is 37.8 Å². The van der Waals surface area contributed by atoms with Crippen LogP contribution in [0.15, 0.2) is 97.1 Å². The first-order valence-electron chi connectivity index (χ1n) is 16.6. The van der Waals surface area contributed by atoms with Crippen molar-refractivity contribution in [2.24, 2.45) is 0 Å². The molecule has 2 unspecified atom stereocenters. The van der Waals surface area contributed by atoms with Crippen molar-refractivity contribution in [1.29, 1.82) is 0 Å². The lowest BCUT2D eigenvalue weighted by atomic mass is 9.80. The summed E-state index contributed by atoms with van der Waals surface area (Å²) >= 11 is 3.32. The number of carboxylic acids is 1. The van der Waals surface area contributed by atoms with Gasteiger partial charge in [-0.3, -0.25) is 19.4 Å². The Bertz CT molecular complexity index is 1750. The summed E-state index contributed by atoms with van der Waals surface area (Å²) in [5, 5.41) is 9.81. The number of esters is 1. The molecule has 8 nitrogen and oxygen atoms in total. The van der Waals surface area contributed by atoms with E-state index in [1.54, 1.807) is 24.3 Å². The first kappa shape index (κ1) is 43.6. The van der Waals surface area contributed by atoms with E-state index in [-0.39, 0.29) is 40.8 Å². The van der Waals surface area contributed by atoms with Crippen LogP contribution in [0, 0.1) is 11.6 Å². The SMILES string of the molecule is CCC(C(=O)c1ccc(F)cc1)N(C)C.CCC(Cc1ccc(C(=O)O)cc1)(C(=O)c1ccc(F)cc1)N(C)C.COC(=O)c1ccc(CBr)cc1. The maximum Gasteiger partial charge on any atom is 0.337 e. The van der Waals surface area contributed by atoms with Crippen molar-refractivity contribution in [1.82, 2.24) is 9.80 Å². The first-order valence-corrected chi connectivity index (χ1v) is 17.8. The maximum atomic E-state index is 13.2. The molecule has 1 N–H and O–H groups in total. The van der Waals surface area contributed by atoms with Crippen LogP contribution in [0.5, 0.6) is 0 Å². The number of nitrogens with zero attached hydrogens (tertiary/aromatic N) is 2. The first-order chi connectivity index (χ1) is 24.6. The summed E-state index contributed by atoms with van der Waals surface area (Å²) in [6.45, 7) is 3.90. The number of ether oxygens (including phenoxy) is 1. The van der Waals surface area contributed by atoms with Gasteiger partial charge in [0.15, 0.2) is 11.6 Å². The van der Waals surface area contributed by atoms with Gasteiger partial charge < -0.3 is 9.84 Å². The molecule has 0 fully saturated rings. The van der Waals surface area contributed by atoms with Crippen LogP contribution in [0.1, 0.15) is 79.2 Å². The van der Waals surface area contributed by atoms with E-state index in [0.29, 0.717) is 29.5 Å². The van der Waals surface area contributed by atoms with E-state index >= 15 is 0 Å². The lowest BCUT2D eigenvalue weighted by Gasteiger charge is -2.38. The second-order valence-corrected chi connectivity index (χ2v) is 12.9. The summed E-state index contributed by atoms with van der Waals surface area (Å²) in [4.78, 5) is 50.9. The van der Waals surface area contributed by atoms with Crippen molar-refractivity contribution in [3.8, 4) is 0 Å². The minimum atomic E-state index is -0.983. The van der Waals surface area contributed by atoms with Gasteiger partial charge in [0.2, 0.25) is 0 Å². The van der Waals surface area contributed by atoms with Crippen LogP contribution in [-0.4, -0.2) is 85.3 Å². The number of ketones is 2. The Morgan fingerprint density at radius 3 is 1.54 bits per heavy atom. The number of rotatable bonds is 13. The average molecular weight is 782 g/mol. The number of carboxylic acid groups (broad SMARTS) is 1. The zero-order valence-electron chi connectivity index (χ0n) is 30.7. The Balaban J connectivity index is 0.000000295. The highest BCUT2D eigenvalue weighted by atomic mass is 79.9. The third kappa shape index (κ3) is 12.3. The highest BCUT2D eigenvalue weighted by Gasteiger charge is 2.39. The molecule has 4 rings (SSSR count). The quantitative estimate of drug-likeness (QED) is 0.0821. The van der Waals surface area contributed by atoms with Gasteiger partial charge in [0.1, 0.15) is 11.6 Å². The number of Topliss-reactive ketones (excluding diaryl/α,β-unsaturated/α-hetero) is 2. The standard InChI is InChI=1S/C20H22FNO3.C12H16FNO.C9H9BrO2/c1-4-20(22(2)3,18(23)15-9-11-17(21)12-10-15)13-14-5-7-16(8-6-14)19(24)25;1-4-11(14(2)3)12(15)9-5-7-10(13)8-6-9;1-12-9(11)8-4-2-7(6-10)3-5-8/h5-12H,4,13H2,1-3H3,(H,24,25);5-8,11H,4H2,1-3H3;2-5H,6H2,1H3. The minimum Gasteiger partial charge on any atom is -0.478 e. The third-order valence-corrected chi connectivity index (χ3v) is 9.29. The fourth-order valence-corrected chi connectivity index (χ4v) is 5.83. The Kier molecular flexibility index (Phi) is 17.7. The fourth-order valence-electron chi connectivity index (χ4n) is 5.46. The molecule has 11 heteroatoms. The summed E-state index contributed by atoms with van der Waals surface area (Å²) in [7, 11) is 8.80. The molecule has 0 saturated carbocycles.